The molecule has 0 aliphatic rings. The number of nitrogens with zero attached hydrogens (tertiary/aromatic N) is 1. The molecule has 0 aliphatic carbocycles. The van der Waals surface area contributed by atoms with Crippen LogP contribution < -0.4 is 0 Å². The lowest BCUT2D eigenvalue weighted by molar-refractivity contribution is 0.494. The van der Waals surface area contributed by atoms with Gasteiger partial charge in [0.15, 0.2) is 0 Å². The van der Waals surface area contributed by atoms with Crippen LogP contribution >= 0.6 is 15.9 Å². The molecule has 0 bridgehead atoms. The van der Waals surface area contributed by atoms with Crippen LogP contribution in [0.15, 0.2) is 35.6 Å². The molecule has 62 valence electrons. The Morgan fingerprint density at radius 1 is 1.64 bits per heavy atom. The Morgan fingerprint density at radius 2 is 2.18 bits per heavy atom. The Labute approximate surface area is 77.2 Å². The van der Waals surface area contributed by atoms with Crippen molar-refractivity contribution < 1.29 is 0 Å². The van der Waals surface area contributed by atoms with Gasteiger partial charge in [-0.3, -0.25) is 0 Å². The van der Waals surface area contributed by atoms with E-state index in [1.54, 1.807) is 0 Å². The van der Waals surface area contributed by atoms with Crippen LogP contribution in [0.25, 0.3) is 0 Å². The van der Waals surface area contributed by atoms with E-state index in [2.05, 4.69) is 36.0 Å². The Balaban J connectivity index is 4.30. The first kappa shape index (κ1) is 10.5. The van der Waals surface area contributed by atoms with E-state index in [0.717, 1.165) is 16.7 Å². The molecule has 1 nitrogen and oxygen atoms in total. The van der Waals surface area contributed by atoms with Gasteiger partial charge in [0.2, 0.25) is 0 Å². The van der Waals surface area contributed by atoms with Crippen LogP contribution in [0.5, 0.6) is 0 Å². The molecule has 0 unspecified atom stereocenters. The lowest BCUT2D eigenvalue weighted by Gasteiger charge is -2.17. The van der Waals surface area contributed by atoms with E-state index in [-0.39, 0.29) is 0 Å². The zero-order chi connectivity index (χ0) is 8.85. The topological polar surface area (TPSA) is 3.24 Å². The van der Waals surface area contributed by atoms with Crippen molar-refractivity contribution in [2.24, 2.45) is 0 Å². The van der Waals surface area contributed by atoms with Gasteiger partial charge in [-0.1, -0.05) is 29.1 Å². The Hall–Kier alpha value is -0.500. The number of allylic oxidation sites excluding steroid dienone is 3. The molecule has 0 atom stereocenters. The van der Waals surface area contributed by atoms with Gasteiger partial charge in [0, 0.05) is 16.7 Å². The molecule has 0 heterocycles. The number of halogens is 1. The molecule has 0 saturated heterocycles. The van der Waals surface area contributed by atoms with Crippen molar-refractivity contribution in [2.75, 3.05) is 6.54 Å². The molecule has 11 heavy (non-hydrogen) atoms. The SMILES string of the molecule is C=CN(CC)/C(C)=C/C(=C)Br. The van der Waals surface area contributed by atoms with Crippen molar-refractivity contribution in [1.29, 1.82) is 0 Å². The highest BCUT2D eigenvalue weighted by Gasteiger charge is 1.95. The molecule has 0 aliphatic heterocycles. The van der Waals surface area contributed by atoms with Crippen LogP contribution in [-0.4, -0.2) is 11.4 Å². The molecule has 0 radical (unpaired) electrons. The van der Waals surface area contributed by atoms with Gasteiger partial charge in [-0.2, -0.15) is 0 Å². The van der Waals surface area contributed by atoms with Crippen molar-refractivity contribution in [2.45, 2.75) is 13.8 Å². The fourth-order valence-electron chi connectivity index (χ4n) is 0.832. The summed E-state index contributed by atoms with van der Waals surface area (Å²) in [5.74, 6) is 0. The van der Waals surface area contributed by atoms with Crippen LogP contribution in [0.3, 0.4) is 0 Å². The van der Waals surface area contributed by atoms with Crippen molar-refractivity contribution in [3.05, 3.63) is 35.6 Å². The lowest BCUT2D eigenvalue weighted by atomic mass is 10.4. The second kappa shape index (κ2) is 5.19. The van der Waals surface area contributed by atoms with E-state index in [9.17, 15) is 0 Å². The summed E-state index contributed by atoms with van der Waals surface area (Å²) in [5.41, 5.74) is 1.14. The minimum atomic E-state index is 0.885. The van der Waals surface area contributed by atoms with Gasteiger partial charge < -0.3 is 4.90 Å². The Morgan fingerprint density at radius 3 is 2.45 bits per heavy atom. The van der Waals surface area contributed by atoms with Crippen LogP contribution in [0.2, 0.25) is 0 Å². The van der Waals surface area contributed by atoms with Gasteiger partial charge in [0.05, 0.1) is 0 Å². The highest BCUT2D eigenvalue weighted by atomic mass is 79.9. The summed E-state index contributed by atoms with van der Waals surface area (Å²) in [6.45, 7) is 12.5. The maximum atomic E-state index is 3.73. The predicted molar refractivity (Wildman–Crippen MR) is 54.4 cm³/mol. The van der Waals surface area contributed by atoms with Crippen LogP contribution in [-0.2, 0) is 0 Å². The first-order chi connectivity index (χ1) is 5.11. The second-order valence-electron chi connectivity index (χ2n) is 2.20. The number of rotatable bonds is 4. The Kier molecular flexibility index (Phi) is 4.95. The molecule has 0 saturated carbocycles. The van der Waals surface area contributed by atoms with Gasteiger partial charge in [0.25, 0.3) is 0 Å². The van der Waals surface area contributed by atoms with Gasteiger partial charge in [-0.25, -0.2) is 0 Å². The summed E-state index contributed by atoms with van der Waals surface area (Å²) in [6, 6.07) is 0. The highest BCUT2D eigenvalue weighted by Crippen LogP contribution is 2.10. The normalized spacial score (nSPS) is 11.0. The van der Waals surface area contributed by atoms with E-state index in [0.29, 0.717) is 0 Å². The third kappa shape index (κ3) is 4.04. The molecule has 0 N–H and O–H groups in total. The summed E-state index contributed by atoms with van der Waals surface area (Å²) in [6.07, 6.45) is 3.77. The zero-order valence-electron chi connectivity index (χ0n) is 7.10. The number of hydrogen-bond acceptors (Lipinski definition) is 1. The summed E-state index contributed by atoms with van der Waals surface area (Å²) in [7, 11) is 0. The Bertz CT molecular complexity index is 182. The predicted octanol–water partition coefficient (Wildman–Crippen LogP) is 3.26. The molecular weight excluding hydrogens is 202 g/mol. The van der Waals surface area contributed by atoms with Crippen molar-refractivity contribution in [3.8, 4) is 0 Å². The molecule has 0 fully saturated rings. The van der Waals surface area contributed by atoms with Crippen molar-refractivity contribution >= 4 is 15.9 Å². The molecular formula is C9H14BrN. The van der Waals surface area contributed by atoms with Crippen LogP contribution in [0.1, 0.15) is 13.8 Å². The van der Waals surface area contributed by atoms with Gasteiger partial charge >= 0.3 is 0 Å². The molecule has 2 heteroatoms. The molecule has 0 rings (SSSR count). The molecule has 0 aromatic rings. The first-order valence-electron chi connectivity index (χ1n) is 3.53. The summed E-state index contributed by atoms with van der Waals surface area (Å²) in [5, 5.41) is 0. The zero-order valence-corrected chi connectivity index (χ0v) is 8.69. The van der Waals surface area contributed by atoms with Crippen molar-refractivity contribution in [3.63, 3.8) is 0 Å². The average Bonchev–Trinajstić information content (AvgIpc) is 1.88. The molecule has 0 amide bonds. The largest absolute Gasteiger partial charge is 0.353 e. The summed E-state index contributed by atoms with van der Waals surface area (Å²) >= 11 is 3.27. The average molecular weight is 216 g/mol. The standard InChI is InChI=1S/C9H14BrN/c1-5-11(6-2)9(4)7-8(3)10/h5,7H,1,3,6H2,2,4H3/b9-7+. The maximum Gasteiger partial charge on any atom is 0.0193 e. The van der Waals surface area contributed by atoms with E-state index in [1.807, 2.05) is 24.1 Å². The summed E-state index contributed by atoms with van der Waals surface area (Å²) in [4.78, 5) is 2.05. The minimum absolute atomic E-state index is 0.885. The molecule has 0 spiro atoms. The molecule has 0 aromatic carbocycles. The van der Waals surface area contributed by atoms with E-state index in [4.69, 9.17) is 0 Å². The van der Waals surface area contributed by atoms with Gasteiger partial charge in [0.1, 0.15) is 0 Å². The fraction of sp³-hybridized carbons (Fsp3) is 0.333. The maximum absolute atomic E-state index is 3.73. The fourth-order valence-corrected chi connectivity index (χ4v) is 1.16. The highest BCUT2D eigenvalue weighted by molar-refractivity contribution is 9.11. The van der Waals surface area contributed by atoms with E-state index >= 15 is 0 Å². The first-order valence-corrected chi connectivity index (χ1v) is 4.33. The summed E-state index contributed by atoms with van der Waals surface area (Å²) < 4.78 is 0.885. The smallest absolute Gasteiger partial charge is 0.0193 e. The van der Waals surface area contributed by atoms with Crippen molar-refractivity contribution in [1.82, 2.24) is 4.90 Å². The van der Waals surface area contributed by atoms with Crippen LogP contribution in [0.4, 0.5) is 0 Å². The third-order valence-electron chi connectivity index (χ3n) is 1.38. The minimum Gasteiger partial charge on any atom is -0.353 e. The van der Waals surface area contributed by atoms with Gasteiger partial charge in [-0.05, 0) is 26.1 Å². The van der Waals surface area contributed by atoms with Gasteiger partial charge in [-0.15, -0.1) is 0 Å². The number of hydrogen-bond donors (Lipinski definition) is 0. The lowest BCUT2D eigenvalue weighted by Crippen LogP contribution is -2.12. The van der Waals surface area contributed by atoms with E-state index < -0.39 is 0 Å². The van der Waals surface area contributed by atoms with Crippen LogP contribution in [0, 0.1) is 0 Å². The second-order valence-corrected chi connectivity index (χ2v) is 3.22. The monoisotopic (exact) mass is 215 g/mol. The van der Waals surface area contributed by atoms with E-state index in [1.165, 1.54) is 0 Å². The third-order valence-corrected chi connectivity index (χ3v) is 1.61. The molecule has 0 aromatic heterocycles. The quantitative estimate of drug-likeness (QED) is 0.652.